The highest BCUT2D eigenvalue weighted by molar-refractivity contribution is 9.10. The number of pyridine rings is 1. The summed E-state index contributed by atoms with van der Waals surface area (Å²) in [5.74, 6) is 6.05. The van der Waals surface area contributed by atoms with E-state index in [2.05, 4.69) is 42.7 Å². The lowest BCUT2D eigenvalue weighted by molar-refractivity contribution is 0.294. The van der Waals surface area contributed by atoms with E-state index in [0.717, 1.165) is 5.56 Å². The Morgan fingerprint density at radius 2 is 1.92 bits per heavy atom. The van der Waals surface area contributed by atoms with Gasteiger partial charge in [0, 0.05) is 11.8 Å². The molecule has 124 valence electrons. The molecule has 0 saturated carbocycles. The van der Waals surface area contributed by atoms with Gasteiger partial charge in [-0.25, -0.2) is 19.3 Å². The van der Waals surface area contributed by atoms with Crippen LogP contribution in [0.3, 0.4) is 0 Å². The lowest BCUT2D eigenvalue weighted by atomic mass is 10.2. The maximum absolute atomic E-state index is 12.9. The van der Waals surface area contributed by atoms with E-state index in [-0.39, 0.29) is 24.1 Å². The second-order valence-corrected chi connectivity index (χ2v) is 5.79. The van der Waals surface area contributed by atoms with Crippen LogP contribution in [0.15, 0.2) is 53.4 Å². The zero-order chi connectivity index (χ0) is 17.6. The molecule has 2 aromatic heterocycles. The fourth-order valence-electron chi connectivity index (χ4n) is 1.92. The summed E-state index contributed by atoms with van der Waals surface area (Å²) in [6.45, 7) is 0.253. The van der Waals surface area contributed by atoms with Gasteiger partial charge in [-0.2, -0.15) is 0 Å². The SMILES string of the molecule is Nc1ncc(Br)nc1OCc1ccnc(C#Cc2ccc(F)cc2)c1. The molecule has 2 N–H and O–H groups in total. The van der Waals surface area contributed by atoms with Gasteiger partial charge in [-0.15, -0.1) is 0 Å². The number of nitrogens with two attached hydrogens (primary N) is 1. The molecular formula is C18H12BrFN4O. The molecule has 0 aliphatic rings. The number of halogens is 2. The van der Waals surface area contributed by atoms with Crippen molar-refractivity contribution in [2.45, 2.75) is 6.61 Å². The largest absolute Gasteiger partial charge is 0.470 e. The molecule has 0 radical (unpaired) electrons. The summed E-state index contributed by atoms with van der Waals surface area (Å²) in [4.78, 5) is 12.3. The van der Waals surface area contributed by atoms with Crippen molar-refractivity contribution in [1.29, 1.82) is 0 Å². The number of anilines is 1. The molecule has 0 atom stereocenters. The quantitative estimate of drug-likeness (QED) is 0.684. The number of ether oxygens (including phenoxy) is 1. The highest BCUT2D eigenvalue weighted by atomic mass is 79.9. The fourth-order valence-corrected chi connectivity index (χ4v) is 2.18. The highest BCUT2D eigenvalue weighted by Crippen LogP contribution is 2.19. The molecule has 0 aliphatic heterocycles. The van der Waals surface area contributed by atoms with Gasteiger partial charge in [0.25, 0.3) is 5.88 Å². The molecule has 0 saturated heterocycles. The third kappa shape index (κ3) is 4.75. The fraction of sp³-hybridized carbons (Fsp3) is 0.0556. The summed E-state index contributed by atoms with van der Waals surface area (Å²) in [7, 11) is 0. The third-order valence-corrected chi connectivity index (χ3v) is 3.50. The van der Waals surface area contributed by atoms with Crippen LogP contribution in [-0.4, -0.2) is 15.0 Å². The Morgan fingerprint density at radius 3 is 2.72 bits per heavy atom. The normalized spacial score (nSPS) is 10.0. The van der Waals surface area contributed by atoms with Crippen molar-refractivity contribution < 1.29 is 9.13 Å². The van der Waals surface area contributed by atoms with E-state index in [1.54, 1.807) is 24.4 Å². The van der Waals surface area contributed by atoms with Gasteiger partial charge in [-0.1, -0.05) is 5.92 Å². The molecule has 25 heavy (non-hydrogen) atoms. The van der Waals surface area contributed by atoms with Crippen molar-refractivity contribution in [2.75, 3.05) is 5.73 Å². The first kappa shape index (κ1) is 16.9. The summed E-state index contributed by atoms with van der Waals surface area (Å²) in [6, 6.07) is 9.58. The number of aromatic nitrogens is 3. The summed E-state index contributed by atoms with van der Waals surface area (Å²) in [6.07, 6.45) is 3.14. The zero-order valence-electron chi connectivity index (χ0n) is 12.9. The standard InChI is InChI=1S/C18H12BrFN4O/c19-16-10-23-17(21)18(24-16)25-11-13-7-8-22-15(9-13)6-3-12-1-4-14(20)5-2-12/h1-2,4-5,7-10H,11H2,(H2,21,23). The van der Waals surface area contributed by atoms with Crippen LogP contribution in [0.2, 0.25) is 0 Å². The van der Waals surface area contributed by atoms with Crippen molar-refractivity contribution in [3.05, 3.63) is 76.0 Å². The average molecular weight is 399 g/mol. The van der Waals surface area contributed by atoms with Gasteiger partial charge in [0.1, 0.15) is 22.7 Å². The lowest BCUT2D eigenvalue weighted by Crippen LogP contribution is -2.03. The Balaban J connectivity index is 1.71. The van der Waals surface area contributed by atoms with Gasteiger partial charge in [0.2, 0.25) is 0 Å². The predicted molar refractivity (Wildman–Crippen MR) is 95.1 cm³/mol. The van der Waals surface area contributed by atoms with Crippen LogP contribution in [0.5, 0.6) is 5.88 Å². The number of benzene rings is 1. The Hall–Kier alpha value is -2.98. The van der Waals surface area contributed by atoms with E-state index in [0.29, 0.717) is 15.9 Å². The van der Waals surface area contributed by atoms with Crippen LogP contribution in [0, 0.1) is 17.7 Å². The van der Waals surface area contributed by atoms with E-state index >= 15 is 0 Å². The molecule has 5 nitrogen and oxygen atoms in total. The Morgan fingerprint density at radius 1 is 1.12 bits per heavy atom. The maximum Gasteiger partial charge on any atom is 0.258 e. The minimum atomic E-state index is -0.294. The molecule has 0 unspecified atom stereocenters. The molecule has 2 heterocycles. The topological polar surface area (TPSA) is 73.9 Å². The van der Waals surface area contributed by atoms with Gasteiger partial charge in [-0.3, -0.25) is 0 Å². The molecular weight excluding hydrogens is 387 g/mol. The number of hydrogen-bond acceptors (Lipinski definition) is 5. The number of rotatable bonds is 3. The summed E-state index contributed by atoms with van der Waals surface area (Å²) < 4.78 is 19.0. The Labute approximate surface area is 152 Å². The maximum atomic E-state index is 12.9. The van der Waals surface area contributed by atoms with Crippen LogP contribution >= 0.6 is 15.9 Å². The molecule has 7 heteroatoms. The van der Waals surface area contributed by atoms with Crippen molar-refractivity contribution in [1.82, 2.24) is 15.0 Å². The highest BCUT2D eigenvalue weighted by Gasteiger charge is 2.05. The van der Waals surface area contributed by atoms with Gasteiger partial charge < -0.3 is 10.5 Å². The second kappa shape index (κ2) is 7.73. The second-order valence-electron chi connectivity index (χ2n) is 4.98. The molecule has 3 rings (SSSR count). The van der Waals surface area contributed by atoms with Gasteiger partial charge in [0.15, 0.2) is 5.82 Å². The summed E-state index contributed by atoms with van der Waals surface area (Å²) in [5.41, 5.74) is 7.88. The van der Waals surface area contributed by atoms with Gasteiger partial charge in [0.05, 0.1) is 6.20 Å². The van der Waals surface area contributed by atoms with E-state index in [1.165, 1.54) is 18.3 Å². The Bertz CT molecular complexity index is 951. The van der Waals surface area contributed by atoms with Crippen LogP contribution < -0.4 is 10.5 Å². The lowest BCUT2D eigenvalue weighted by Gasteiger charge is -2.07. The molecule has 0 bridgehead atoms. The smallest absolute Gasteiger partial charge is 0.258 e. The van der Waals surface area contributed by atoms with Crippen molar-refractivity contribution in [2.24, 2.45) is 0 Å². The predicted octanol–water partition coefficient (Wildman–Crippen LogP) is 3.33. The number of hydrogen-bond donors (Lipinski definition) is 1. The minimum Gasteiger partial charge on any atom is -0.470 e. The van der Waals surface area contributed by atoms with Gasteiger partial charge >= 0.3 is 0 Å². The number of nitrogen functional groups attached to an aromatic ring is 1. The van der Waals surface area contributed by atoms with Crippen LogP contribution in [0.4, 0.5) is 10.2 Å². The number of nitrogens with zero attached hydrogens (tertiary/aromatic N) is 3. The summed E-state index contributed by atoms with van der Waals surface area (Å²) >= 11 is 3.22. The summed E-state index contributed by atoms with van der Waals surface area (Å²) in [5, 5.41) is 0. The van der Waals surface area contributed by atoms with Crippen LogP contribution in [0.25, 0.3) is 0 Å². The molecule has 1 aromatic carbocycles. The first-order valence-corrected chi connectivity index (χ1v) is 8.03. The van der Waals surface area contributed by atoms with Crippen molar-refractivity contribution >= 4 is 21.7 Å². The molecule has 0 aliphatic carbocycles. The van der Waals surface area contributed by atoms with Crippen LogP contribution in [-0.2, 0) is 6.61 Å². The molecule has 0 spiro atoms. The van der Waals surface area contributed by atoms with E-state index in [4.69, 9.17) is 10.5 Å². The first-order valence-electron chi connectivity index (χ1n) is 7.23. The minimum absolute atomic E-state index is 0.216. The van der Waals surface area contributed by atoms with E-state index < -0.39 is 0 Å². The van der Waals surface area contributed by atoms with Crippen LogP contribution in [0.1, 0.15) is 16.8 Å². The molecule has 0 amide bonds. The first-order chi connectivity index (χ1) is 12.1. The van der Waals surface area contributed by atoms with Crippen molar-refractivity contribution in [3.63, 3.8) is 0 Å². The van der Waals surface area contributed by atoms with E-state index in [9.17, 15) is 4.39 Å². The molecule has 0 fully saturated rings. The third-order valence-electron chi connectivity index (χ3n) is 3.12. The Kier molecular flexibility index (Phi) is 5.21. The van der Waals surface area contributed by atoms with Gasteiger partial charge in [-0.05, 0) is 63.8 Å². The van der Waals surface area contributed by atoms with E-state index in [1.807, 2.05) is 6.07 Å². The molecule has 3 aromatic rings. The van der Waals surface area contributed by atoms with Crippen molar-refractivity contribution in [3.8, 4) is 17.7 Å². The monoisotopic (exact) mass is 398 g/mol. The zero-order valence-corrected chi connectivity index (χ0v) is 14.5. The average Bonchev–Trinajstić information content (AvgIpc) is 2.62.